The fourth-order valence-corrected chi connectivity index (χ4v) is 5.42. The lowest BCUT2D eigenvalue weighted by atomic mass is 9.68. The third-order valence-corrected chi connectivity index (χ3v) is 7.64. The van der Waals surface area contributed by atoms with Crippen LogP contribution in [0.5, 0.6) is 0 Å². The molecule has 2 spiro atoms. The van der Waals surface area contributed by atoms with Crippen LogP contribution in [-0.4, -0.2) is 85.6 Å². The van der Waals surface area contributed by atoms with E-state index < -0.39 is 17.1 Å². The summed E-state index contributed by atoms with van der Waals surface area (Å²) < 4.78 is 50.1. The van der Waals surface area contributed by atoms with Gasteiger partial charge in [-0.1, -0.05) is 0 Å². The molecule has 2 saturated carbocycles. The van der Waals surface area contributed by atoms with Gasteiger partial charge in [0.2, 0.25) is 5.91 Å². The van der Waals surface area contributed by atoms with Crippen LogP contribution in [0.3, 0.4) is 0 Å². The first-order valence-electron chi connectivity index (χ1n) is 10.7. The van der Waals surface area contributed by atoms with Gasteiger partial charge in [0.25, 0.3) is 0 Å². The molecule has 0 aromatic carbocycles. The summed E-state index contributed by atoms with van der Waals surface area (Å²) in [5, 5.41) is 2.93. The van der Waals surface area contributed by atoms with E-state index in [-0.39, 0.29) is 49.5 Å². The second kappa shape index (κ2) is 6.72. The minimum absolute atomic E-state index is 0.00898. The van der Waals surface area contributed by atoms with Crippen molar-refractivity contribution in [3.05, 3.63) is 0 Å². The zero-order chi connectivity index (χ0) is 21.2. The molecule has 3 heterocycles. The van der Waals surface area contributed by atoms with Crippen LogP contribution in [0, 0.1) is 10.8 Å². The number of carbonyl (C=O) groups is 2. The average Bonchev–Trinajstić information content (AvgIpc) is 3.44. The molecule has 1 N–H and O–H groups in total. The van der Waals surface area contributed by atoms with Gasteiger partial charge in [0.15, 0.2) is 0 Å². The second-order valence-corrected chi connectivity index (χ2v) is 10.1. The van der Waals surface area contributed by atoms with Crippen LogP contribution in [0.15, 0.2) is 0 Å². The molecule has 0 radical (unpaired) electrons. The van der Waals surface area contributed by atoms with E-state index in [4.69, 9.17) is 9.47 Å². The first-order valence-corrected chi connectivity index (χ1v) is 10.7. The van der Waals surface area contributed by atoms with Crippen molar-refractivity contribution in [3.63, 3.8) is 0 Å². The van der Waals surface area contributed by atoms with Gasteiger partial charge in [-0.05, 0) is 38.5 Å². The zero-order valence-corrected chi connectivity index (χ0v) is 16.9. The number of alkyl halides is 3. The third-order valence-electron chi connectivity index (χ3n) is 7.64. The summed E-state index contributed by atoms with van der Waals surface area (Å²) in [7, 11) is 0. The summed E-state index contributed by atoms with van der Waals surface area (Å²) in [5.41, 5.74) is -1.95. The van der Waals surface area contributed by atoms with Crippen molar-refractivity contribution in [1.82, 2.24) is 15.1 Å². The Balaban J connectivity index is 1.04. The Morgan fingerprint density at radius 1 is 1.10 bits per heavy atom. The van der Waals surface area contributed by atoms with Crippen molar-refractivity contribution in [2.75, 3.05) is 46.0 Å². The Labute approximate surface area is 173 Å². The Bertz CT molecular complexity index is 717. The number of nitrogens with zero attached hydrogens (tertiary/aromatic N) is 2. The summed E-state index contributed by atoms with van der Waals surface area (Å²) in [4.78, 5) is 27.8. The Morgan fingerprint density at radius 3 is 2.30 bits per heavy atom. The van der Waals surface area contributed by atoms with Crippen LogP contribution in [0.1, 0.15) is 38.5 Å². The van der Waals surface area contributed by atoms with E-state index in [1.165, 1.54) is 0 Å². The molecular weight excluding hydrogens is 403 g/mol. The van der Waals surface area contributed by atoms with Crippen LogP contribution < -0.4 is 5.32 Å². The molecule has 3 saturated heterocycles. The predicted octanol–water partition coefficient (Wildman–Crippen LogP) is 1.91. The summed E-state index contributed by atoms with van der Waals surface area (Å²) >= 11 is 0. The highest BCUT2D eigenvalue weighted by atomic mass is 19.4. The summed E-state index contributed by atoms with van der Waals surface area (Å²) in [6.45, 7) is 2.62. The third kappa shape index (κ3) is 3.45. The standard InChI is InChI=1S/C20H28F3N3O4/c21-20(22,23)18(5-6-18)12-30-14-1-3-17(4-2-14)8-25(9-17)16(28)26-10-19(11-26)13-29-7-15(27)24-19/h14H,1-13H2,(H,24,27). The van der Waals surface area contributed by atoms with Crippen molar-refractivity contribution >= 4 is 11.9 Å². The van der Waals surface area contributed by atoms with Gasteiger partial charge in [0.05, 0.1) is 30.3 Å². The van der Waals surface area contributed by atoms with Gasteiger partial charge < -0.3 is 24.6 Å². The van der Waals surface area contributed by atoms with Gasteiger partial charge in [0.1, 0.15) is 6.61 Å². The molecule has 5 rings (SSSR count). The van der Waals surface area contributed by atoms with Crippen LogP contribution >= 0.6 is 0 Å². The fraction of sp³-hybridized carbons (Fsp3) is 0.900. The normalized spacial score (nSPS) is 29.4. The molecule has 3 aliphatic heterocycles. The quantitative estimate of drug-likeness (QED) is 0.741. The van der Waals surface area contributed by atoms with Crippen molar-refractivity contribution in [1.29, 1.82) is 0 Å². The minimum atomic E-state index is -4.17. The van der Waals surface area contributed by atoms with Crippen molar-refractivity contribution in [2.45, 2.75) is 56.3 Å². The monoisotopic (exact) mass is 431 g/mol. The predicted molar refractivity (Wildman–Crippen MR) is 98.6 cm³/mol. The summed E-state index contributed by atoms with van der Waals surface area (Å²) in [6, 6.07) is -0.00898. The van der Waals surface area contributed by atoms with Gasteiger partial charge in [-0.2, -0.15) is 13.2 Å². The van der Waals surface area contributed by atoms with Crippen LogP contribution in [0.4, 0.5) is 18.0 Å². The number of halogens is 3. The van der Waals surface area contributed by atoms with E-state index in [1.807, 2.05) is 4.90 Å². The number of nitrogens with one attached hydrogen (secondary N) is 1. The second-order valence-electron chi connectivity index (χ2n) is 10.1. The van der Waals surface area contributed by atoms with Crippen LogP contribution in [-0.2, 0) is 14.3 Å². The first kappa shape index (κ1) is 20.4. The number of hydrogen-bond donors (Lipinski definition) is 1. The number of hydrogen-bond acceptors (Lipinski definition) is 4. The highest BCUT2D eigenvalue weighted by molar-refractivity contribution is 5.81. The Kier molecular flexibility index (Phi) is 4.56. The number of morpholine rings is 1. The van der Waals surface area contributed by atoms with E-state index in [2.05, 4.69) is 5.32 Å². The number of urea groups is 1. The van der Waals surface area contributed by atoms with Crippen molar-refractivity contribution in [2.24, 2.45) is 10.8 Å². The lowest BCUT2D eigenvalue weighted by molar-refractivity contribution is -0.208. The smallest absolute Gasteiger partial charge is 0.377 e. The molecule has 0 unspecified atom stereocenters. The molecule has 7 nitrogen and oxygen atoms in total. The number of ether oxygens (including phenoxy) is 2. The molecule has 30 heavy (non-hydrogen) atoms. The molecule has 5 aliphatic rings. The van der Waals surface area contributed by atoms with Gasteiger partial charge in [-0.25, -0.2) is 4.79 Å². The van der Waals surface area contributed by atoms with Gasteiger partial charge >= 0.3 is 12.2 Å². The Morgan fingerprint density at radius 2 is 1.73 bits per heavy atom. The molecule has 2 aliphatic carbocycles. The van der Waals surface area contributed by atoms with Crippen molar-refractivity contribution < 1.29 is 32.2 Å². The molecule has 0 atom stereocenters. The minimum Gasteiger partial charge on any atom is -0.377 e. The topological polar surface area (TPSA) is 71.1 Å². The van der Waals surface area contributed by atoms with Gasteiger partial charge in [-0.15, -0.1) is 0 Å². The lowest BCUT2D eigenvalue weighted by Crippen LogP contribution is -2.77. The van der Waals surface area contributed by atoms with Crippen LogP contribution in [0.2, 0.25) is 0 Å². The average molecular weight is 431 g/mol. The van der Waals surface area contributed by atoms with Gasteiger partial charge in [0, 0.05) is 31.6 Å². The SMILES string of the molecule is O=C1COCC2(CN(C(=O)N3CC4(CCC(OCC5(C(F)(F)F)CC5)CC4)C3)C2)N1. The number of likely N-dealkylation sites (tertiary alicyclic amines) is 2. The number of carbonyl (C=O) groups excluding carboxylic acids is 2. The Hall–Kier alpha value is -1.55. The first-order chi connectivity index (χ1) is 14.1. The lowest BCUT2D eigenvalue weighted by Gasteiger charge is -2.57. The maximum Gasteiger partial charge on any atom is 0.396 e. The van der Waals surface area contributed by atoms with E-state index in [0.29, 0.717) is 32.8 Å². The van der Waals surface area contributed by atoms with Gasteiger partial charge in [-0.3, -0.25) is 4.79 Å². The molecule has 0 bridgehead atoms. The fourth-order valence-electron chi connectivity index (χ4n) is 5.42. The highest BCUT2D eigenvalue weighted by Crippen LogP contribution is 2.58. The van der Waals surface area contributed by atoms with Crippen molar-refractivity contribution in [3.8, 4) is 0 Å². The van der Waals surface area contributed by atoms with Crippen LogP contribution in [0.25, 0.3) is 0 Å². The maximum atomic E-state index is 13.0. The van der Waals surface area contributed by atoms with E-state index >= 15 is 0 Å². The largest absolute Gasteiger partial charge is 0.396 e. The maximum absolute atomic E-state index is 13.0. The zero-order valence-electron chi connectivity index (χ0n) is 16.9. The molecule has 0 aromatic heterocycles. The molecule has 5 fully saturated rings. The highest BCUT2D eigenvalue weighted by Gasteiger charge is 2.63. The molecular formula is C20H28F3N3O4. The van der Waals surface area contributed by atoms with E-state index in [0.717, 1.165) is 25.7 Å². The summed E-state index contributed by atoms with van der Waals surface area (Å²) in [6.07, 6.45) is -0.638. The molecule has 3 amide bonds. The number of amides is 3. The number of rotatable bonds is 3. The molecule has 10 heteroatoms. The molecule has 0 aromatic rings. The summed E-state index contributed by atoms with van der Waals surface area (Å²) in [5.74, 6) is -0.141. The van der Waals surface area contributed by atoms with E-state index in [1.54, 1.807) is 4.90 Å². The van der Waals surface area contributed by atoms with E-state index in [9.17, 15) is 22.8 Å². The molecule has 168 valence electrons.